The van der Waals surface area contributed by atoms with Gasteiger partial charge in [-0.05, 0) is 21.5 Å². The Morgan fingerprint density at radius 2 is 0.852 bits per heavy atom. The minimum atomic E-state index is -1.13. The second-order valence-corrected chi connectivity index (χ2v) is 5.63. The molecule has 0 amide bonds. The minimum absolute atomic E-state index is 0. The molecule has 0 atom stereocenters. The number of carboxylic acid groups (broad SMARTS) is 2. The van der Waals surface area contributed by atoms with E-state index in [1.165, 1.54) is 0 Å². The minimum Gasteiger partial charge on any atom is -0.545 e. The van der Waals surface area contributed by atoms with E-state index in [0.717, 1.165) is 21.5 Å². The first-order valence-corrected chi connectivity index (χ1v) is 7.96. The SMILES string of the molecule is O=C([O-])c1cccc2ccccc12.O=C([O-])c1cccc2ccccc12.[Zn+2]. The van der Waals surface area contributed by atoms with Crippen LogP contribution in [0.5, 0.6) is 0 Å². The van der Waals surface area contributed by atoms with Crippen molar-refractivity contribution in [3.8, 4) is 0 Å². The van der Waals surface area contributed by atoms with Crippen molar-refractivity contribution >= 4 is 33.5 Å². The van der Waals surface area contributed by atoms with Crippen LogP contribution < -0.4 is 10.2 Å². The van der Waals surface area contributed by atoms with Gasteiger partial charge in [0.1, 0.15) is 0 Å². The molecule has 4 aromatic rings. The molecule has 0 radical (unpaired) electrons. The van der Waals surface area contributed by atoms with E-state index >= 15 is 0 Å². The Hall–Kier alpha value is -3.04. The van der Waals surface area contributed by atoms with Gasteiger partial charge in [0.05, 0.1) is 11.9 Å². The summed E-state index contributed by atoms with van der Waals surface area (Å²) in [6, 6.07) is 25.0. The zero-order valence-corrected chi connectivity index (χ0v) is 17.4. The first-order chi connectivity index (χ1) is 12.6. The molecule has 0 saturated carbocycles. The number of fused-ring (bicyclic) bond motifs is 2. The third-order valence-corrected chi connectivity index (χ3v) is 4.02. The summed E-state index contributed by atoms with van der Waals surface area (Å²) in [6.07, 6.45) is 0. The van der Waals surface area contributed by atoms with Gasteiger partial charge in [0, 0.05) is 11.1 Å². The van der Waals surface area contributed by atoms with Gasteiger partial charge in [-0.1, -0.05) is 84.9 Å². The summed E-state index contributed by atoms with van der Waals surface area (Å²) in [5, 5.41) is 24.7. The van der Waals surface area contributed by atoms with Gasteiger partial charge in [0.15, 0.2) is 0 Å². The zero-order valence-electron chi connectivity index (χ0n) is 14.4. The molecule has 0 fully saturated rings. The number of benzene rings is 4. The molecule has 0 heterocycles. The van der Waals surface area contributed by atoms with Gasteiger partial charge < -0.3 is 19.8 Å². The maximum atomic E-state index is 10.7. The number of aromatic carboxylic acids is 2. The van der Waals surface area contributed by atoms with E-state index in [2.05, 4.69) is 0 Å². The van der Waals surface area contributed by atoms with Crippen LogP contribution in [0.4, 0.5) is 0 Å². The maximum Gasteiger partial charge on any atom is 2.00 e. The van der Waals surface area contributed by atoms with Crippen LogP contribution in [0.3, 0.4) is 0 Å². The van der Waals surface area contributed by atoms with Crippen LogP contribution >= 0.6 is 0 Å². The second kappa shape index (κ2) is 9.06. The van der Waals surface area contributed by atoms with E-state index in [1.54, 1.807) is 36.4 Å². The summed E-state index contributed by atoms with van der Waals surface area (Å²) < 4.78 is 0. The molecule has 0 spiro atoms. The second-order valence-electron chi connectivity index (χ2n) is 5.63. The topological polar surface area (TPSA) is 80.3 Å². The number of hydrogen-bond acceptors (Lipinski definition) is 4. The number of carbonyl (C=O) groups is 2. The molecule has 0 N–H and O–H groups in total. The third kappa shape index (κ3) is 4.58. The van der Waals surface area contributed by atoms with E-state index in [1.807, 2.05) is 48.5 Å². The fourth-order valence-electron chi connectivity index (χ4n) is 2.81. The normalized spacial score (nSPS) is 9.78. The Kier molecular flexibility index (Phi) is 6.81. The molecule has 0 aliphatic rings. The number of carbonyl (C=O) groups excluding carboxylic acids is 2. The smallest absolute Gasteiger partial charge is 0.545 e. The molecule has 4 aromatic carbocycles. The van der Waals surface area contributed by atoms with Crippen molar-refractivity contribution in [3.63, 3.8) is 0 Å². The molecule has 0 aromatic heterocycles. The molecule has 5 heteroatoms. The van der Waals surface area contributed by atoms with Gasteiger partial charge in [0.25, 0.3) is 0 Å². The van der Waals surface area contributed by atoms with E-state index in [4.69, 9.17) is 0 Å². The molecule has 27 heavy (non-hydrogen) atoms. The largest absolute Gasteiger partial charge is 2.00 e. The van der Waals surface area contributed by atoms with Gasteiger partial charge in [-0.25, -0.2) is 0 Å². The number of hydrogen-bond donors (Lipinski definition) is 0. The van der Waals surface area contributed by atoms with Crippen LogP contribution in [0.25, 0.3) is 21.5 Å². The molecule has 0 saturated heterocycles. The zero-order chi connectivity index (χ0) is 18.5. The predicted octanol–water partition coefficient (Wildman–Crippen LogP) is 2.40. The molecular formula is C22H14O4Zn. The van der Waals surface area contributed by atoms with Crippen LogP contribution in [0.15, 0.2) is 84.9 Å². The van der Waals surface area contributed by atoms with E-state index in [0.29, 0.717) is 0 Å². The Morgan fingerprint density at radius 1 is 0.519 bits per heavy atom. The van der Waals surface area contributed by atoms with Gasteiger partial charge in [-0.3, -0.25) is 0 Å². The maximum absolute atomic E-state index is 10.7. The van der Waals surface area contributed by atoms with Crippen LogP contribution in [0, 0.1) is 0 Å². The Morgan fingerprint density at radius 3 is 1.22 bits per heavy atom. The number of carboxylic acids is 2. The van der Waals surface area contributed by atoms with Crippen molar-refractivity contribution < 1.29 is 39.3 Å². The molecular weight excluding hydrogens is 394 g/mol. The average Bonchev–Trinajstić information content (AvgIpc) is 2.67. The van der Waals surface area contributed by atoms with Gasteiger partial charge in [-0.15, -0.1) is 0 Å². The van der Waals surface area contributed by atoms with E-state index in [-0.39, 0.29) is 30.6 Å². The van der Waals surface area contributed by atoms with Gasteiger partial charge in [-0.2, -0.15) is 0 Å². The third-order valence-electron chi connectivity index (χ3n) is 4.02. The first kappa shape index (κ1) is 20.3. The van der Waals surface area contributed by atoms with Crippen molar-refractivity contribution in [2.75, 3.05) is 0 Å². The van der Waals surface area contributed by atoms with Gasteiger partial charge >= 0.3 is 19.5 Å². The molecule has 0 unspecified atom stereocenters. The van der Waals surface area contributed by atoms with Crippen LogP contribution in [-0.4, -0.2) is 11.9 Å². The van der Waals surface area contributed by atoms with Gasteiger partial charge in [0.2, 0.25) is 0 Å². The van der Waals surface area contributed by atoms with Crippen LogP contribution in [0.1, 0.15) is 20.7 Å². The van der Waals surface area contributed by atoms with Crippen molar-refractivity contribution in [1.82, 2.24) is 0 Å². The van der Waals surface area contributed by atoms with Crippen LogP contribution in [0.2, 0.25) is 0 Å². The van der Waals surface area contributed by atoms with Crippen molar-refractivity contribution in [2.24, 2.45) is 0 Å². The summed E-state index contributed by atoms with van der Waals surface area (Å²) in [7, 11) is 0. The molecule has 128 valence electrons. The molecule has 0 aliphatic heterocycles. The van der Waals surface area contributed by atoms with Crippen molar-refractivity contribution in [2.45, 2.75) is 0 Å². The Balaban J connectivity index is 0.000000187. The fraction of sp³-hybridized carbons (Fsp3) is 0. The summed E-state index contributed by atoms with van der Waals surface area (Å²) in [5.74, 6) is -2.26. The Labute approximate surface area is 168 Å². The van der Waals surface area contributed by atoms with Crippen molar-refractivity contribution in [1.29, 1.82) is 0 Å². The van der Waals surface area contributed by atoms with E-state index in [9.17, 15) is 19.8 Å². The fourth-order valence-corrected chi connectivity index (χ4v) is 2.81. The molecule has 0 aliphatic carbocycles. The summed E-state index contributed by atoms with van der Waals surface area (Å²) >= 11 is 0. The van der Waals surface area contributed by atoms with Crippen molar-refractivity contribution in [3.05, 3.63) is 96.1 Å². The molecule has 4 nitrogen and oxygen atoms in total. The summed E-state index contributed by atoms with van der Waals surface area (Å²) in [6.45, 7) is 0. The molecule has 0 bridgehead atoms. The summed E-state index contributed by atoms with van der Waals surface area (Å²) in [5.41, 5.74) is 0.496. The summed E-state index contributed by atoms with van der Waals surface area (Å²) in [4.78, 5) is 21.4. The number of rotatable bonds is 2. The van der Waals surface area contributed by atoms with E-state index < -0.39 is 11.9 Å². The monoisotopic (exact) mass is 406 g/mol. The standard InChI is InChI=1S/2C11H8O2.Zn/c2*12-11(13)10-7-3-5-8-4-1-2-6-9(8)10;/h2*1-7H,(H,12,13);/q;;+2/p-2. The predicted molar refractivity (Wildman–Crippen MR) is 96.6 cm³/mol. The first-order valence-electron chi connectivity index (χ1n) is 7.96. The van der Waals surface area contributed by atoms with Crippen LogP contribution in [-0.2, 0) is 19.5 Å². The average molecular weight is 408 g/mol. The Bertz CT molecular complexity index is 1010. The molecule has 4 rings (SSSR count). The quantitative estimate of drug-likeness (QED) is 0.478.